The predicted octanol–water partition coefficient (Wildman–Crippen LogP) is 3.80. The Hall–Kier alpha value is -4.65. The molecule has 0 aliphatic carbocycles. The number of hydroxylamine groups is 2. The first-order valence-corrected chi connectivity index (χ1v) is 13.0. The fourth-order valence-corrected chi connectivity index (χ4v) is 5.47. The number of amides is 1. The molecular weight excluding hydrogens is 538 g/mol. The Labute approximate surface area is 234 Å². The van der Waals surface area contributed by atoms with Gasteiger partial charge < -0.3 is 15.5 Å². The van der Waals surface area contributed by atoms with E-state index < -0.39 is 22.6 Å². The zero-order valence-corrected chi connectivity index (χ0v) is 22.6. The number of carbonyl (C=O) groups is 2. The zero-order chi connectivity index (χ0) is 29.6. The van der Waals surface area contributed by atoms with Crippen LogP contribution in [0.3, 0.4) is 0 Å². The number of aromatic nitrogens is 1. The Morgan fingerprint density at radius 2 is 1.78 bits per heavy atom. The third kappa shape index (κ3) is 5.04. The van der Waals surface area contributed by atoms with Gasteiger partial charge in [-0.05, 0) is 50.6 Å². The largest absolute Gasteiger partial charge is 0.383 e. The lowest BCUT2D eigenvalue weighted by Crippen LogP contribution is -2.55. The van der Waals surface area contributed by atoms with Crippen LogP contribution in [-0.4, -0.2) is 71.0 Å². The highest BCUT2D eigenvalue weighted by Crippen LogP contribution is 2.40. The molecule has 0 bridgehead atoms. The fraction of sp³-hybridized carbons (Fsp3) is 0.321. The average Bonchev–Trinajstić information content (AvgIpc) is 2.93. The second kappa shape index (κ2) is 10.7. The topological polar surface area (TPSA) is 135 Å². The minimum absolute atomic E-state index is 0.0786. The standard InChI is InChI=1S/C28H28F2N6O5/c1-15-12-34(13-16(2)33(15)3)24-11-23(29)21(10-25(24)36(39)40)22-9-20(27(31)32-26(22)30)17-4-5-19-18(8-17)6-7-35(28(19)38)41-14-37/h4-5,8-11,14-16H,6-7,12-13H2,1-3H3,(H2,31,32)/t15-,16+. The van der Waals surface area contributed by atoms with E-state index in [1.807, 2.05) is 20.9 Å². The lowest BCUT2D eigenvalue weighted by Gasteiger charge is -2.43. The van der Waals surface area contributed by atoms with Gasteiger partial charge in [-0.3, -0.25) is 24.6 Å². The number of halogens is 2. The van der Waals surface area contributed by atoms with Gasteiger partial charge in [0.2, 0.25) is 5.95 Å². The van der Waals surface area contributed by atoms with Gasteiger partial charge in [-0.25, -0.2) is 9.37 Å². The first kappa shape index (κ1) is 27.9. The lowest BCUT2D eigenvalue weighted by molar-refractivity contribution is -0.384. The molecule has 0 spiro atoms. The molecule has 2 aliphatic rings. The maximum absolute atomic E-state index is 15.6. The summed E-state index contributed by atoms with van der Waals surface area (Å²) in [5.74, 6) is -2.59. The molecule has 0 radical (unpaired) electrons. The molecular formula is C28H28F2N6O5. The summed E-state index contributed by atoms with van der Waals surface area (Å²) >= 11 is 0. The van der Waals surface area contributed by atoms with Crippen molar-refractivity contribution in [3.05, 3.63) is 69.4 Å². The van der Waals surface area contributed by atoms with E-state index in [1.165, 1.54) is 12.1 Å². The van der Waals surface area contributed by atoms with E-state index in [0.717, 1.165) is 17.2 Å². The van der Waals surface area contributed by atoms with E-state index in [2.05, 4.69) is 9.88 Å². The van der Waals surface area contributed by atoms with Crippen molar-refractivity contribution in [2.75, 3.05) is 37.3 Å². The predicted molar refractivity (Wildman–Crippen MR) is 147 cm³/mol. The Morgan fingerprint density at radius 3 is 2.44 bits per heavy atom. The Kier molecular flexibility index (Phi) is 7.30. The maximum Gasteiger partial charge on any atom is 0.320 e. The van der Waals surface area contributed by atoms with Crippen LogP contribution >= 0.6 is 0 Å². The average molecular weight is 567 g/mol. The number of hydrogen-bond acceptors (Lipinski definition) is 9. The highest BCUT2D eigenvalue weighted by Gasteiger charge is 2.32. The number of pyridine rings is 1. The van der Waals surface area contributed by atoms with E-state index in [0.29, 0.717) is 36.2 Å². The Balaban J connectivity index is 1.56. The SMILES string of the molecule is C[C@@H]1CN(c2cc(F)c(-c3cc(-c4ccc5c(c4)CCN(OC=O)C5=O)c(N)nc3F)cc2[N+](=O)[O-])C[C@H](C)N1C. The summed E-state index contributed by atoms with van der Waals surface area (Å²) in [4.78, 5) is 47.1. The van der Waals surface area contributed by atoms with Gasteiger partial charge in [0.25, 0.3) is 11.6 Å². The van der Waals surface area contributed by atoms with Crippen molar-refractivity contribution < 1.29 is 28.1 Å². The summed E-state index contributed by atoms with van der Waals surface area (Å²) in [5.41, 5.74) is 6.91. The van der Waals surface area contributed by atoms with Crippen LogP contribution in [0.4, 0.5) is 26.0 Å². The summed E-state index contributed by atoms with van der Waals surface area (Å²) in [6.45, 7) is 5.21. The number of nitrogens with zero attached hydrogens (tertiary/aromatic N) is 5. The summed E-state index contributed by atoms with van der Waals surface area (Å²) in [6.07, 6.45) is 0.371. The highest BCUT2D eigenvalue weighted by molar-refractivity contribution is 5.97. The van der Waals surface area contributed by atoms with Crippen molar-refractivity contribution in [1.82, 2.24) is 14.9 Å². The molecule has 1 fully saturated rings. The van der Waals surface area contributed by atoms with Gasteiger partial charge in [0.1, 0.15) is 17.3 Å². The van der Waals surface area contributed by atoms with E-state index >= 15 is 8.78 Å². The second-order valence-corrected chi connectivity index (χ2v) is 10.3. The molecule has 3 heterocycles. The molecule has 5 rings (SSSR count). The highest BCUT2D eigenvalue weighted by atomic mass is 19.1. The molecule has 214 valence electrons. The number of hydrogen-bond donors (Lipinski definition) is 1. The van der Waals surface area contributed by atoms with Crippen LogP contribution in [0.1, 0.15) is 29.8 Å². The molecule has 3 aromatic rings. The summed E-state index contributed by atoms with van der Waals surface area (Å²) in [5, 5.41) is 13.0. The summed E-state index contributed by atoms with van der Waals surface area (Å²) in [7, 11) is 1.97. The number of anilines is 2. The van der Waals surface area contributed by atoms with Gasteiger partial charge in [0.15, 0.2) is 0 Å². The van der Waals surface area contributed by atoms with Crippen molar-refractivity contribution in [3.8, 4) is 22.3 Å². The lowest BCUT2D eigenvalue weighted by atomic mass is 9.93. The number of nitrogen functional groups attached to an aromatic ring is 1. The van der Waals surface area contributed by atoms with Crippen molar-refractivity contribution in [3.63, 3.8) is 0 Å². The summed E-state index contributed by atoms with van der Waals surface area (Å²) < 4.78 is 30.8. The minimum Gasteiger partial charge on any atom is -0.383 e. The van der Waals surface area contributed by atoms with Gasteiger partial charge in [0, 0.05) is 59.6 Å². The van der Waals surface area contributed by atoms with Crippen molar-refractivity contribution in [2.24, 2.45) is 0 Å². The number of nitrogens with two attached hydrogens (primary N) is 1. The van der Waals surface area contributed by atoms with Gasteiger partial charge in [-0.15, -0.1) is 0 Å². The number of likely N-dealkylation sites (N-methyl/N-ethyl adjacent to an activating group) is 1. The smallest absolute Gasteiger partial charge is 0.320 e. The van der Waals surface area contributed by atoms with Gasteiger partial charge in [-0.1, -0.05) is 12.1 Å². The number of nitro benzene ring substituents is 1. The summed E-state index contributed by atoms with van der Waals surface area (Å²) in [6, 6.07) is 8.33. The van der Waals surface area contributed by atoms with Crippen molar-refractivity contribution >= 4 is 29.6 Å². The van der Waals surface area contributed by atoms with Crippen LogP contribution in [0.2, 0.25) is 0 Å². The fourth-order valence-electron chi connectivity index (χ4n) is 5.47. The van der Waals surface area contributed by atoms with E-state index in [9.17, 15) is 19.7 Å². The maximum atomic E-state index is 15.6. The van der Waals surface area contributed by atoms with Crippen molar-refractivity contribution in [2.45, 2.75) is 32.4 Å². The quantitative estimate of drug-likeness (QED) is 0.205. The van der Waals surface area contributed by atoms with Crippen LogP contribution in [0.15, 0.2) is 36.4 Å². The molecule has 1 amide bonds. The molecule has 0 unspecified atom stereocenters. The molecule has 2 atom stereocenters. The number of nitro groups is 1. The first-order chi connectivity index (χ1) is 19.5. The number of rotatable bonds is 6. The molecule has 11 nitrogen and oxygen atoms in total. The third-order valence-corrected chi connectivity index (χ3v) is 7.88. The Morgan fingerprint density at radius 1 is 1.07 bits per heavy atom. The van der Waals surface area contributed by atoms with Crippen molar-refractivity contribution in [1.29, 1.82) is 0 Å². The monoisotopic (exact) mass is 566 g/mol. The first-order valence-electron chi connectivity index (χ1n) is 13.0. The van der Waals surface area contributed by atoms with Crippen LogP contribution in [-0.2, 0) is 16.1 Å². The second-order valence-electron chi connectivity index (χ2n) is 10.3. The molecule has 1 saturated heterocycles. The molecule has 2 aliphatic heterocycles. The third-order valence-electron chi connectivity index (χ3n) is 7.88. The van der Waals surface area contributed by atoms with E-state index in [4.69, 9.17) is 10.6 Å². The van der Waals surface area contributed by atoms with Gasteiger partial charge >= 0.3 is 6.47 Å². The minimum atomic E-state index is -1.08. The van der Waals surface area contributed by atoms with Gasteiger partial charge in [0.05, 0.1) is 11.5 Å². The molecule has 2 aromatic carbocycles. The Bertz CT molecular complexity index is 1560. The van der Waals surface area contributed by atoms with Crippen LogP contribution in [0.5, 0.6) is 0 Å². The molecule has 41 heavy (non-hydrogen) atoms. The van der Waals surface area contributed by atoms with Crippen LogP contribution < -0.4 is 10.6 Å². The number of piperazine rings is 1. The number of fused-ring (bicyclic) bond motifs is 1. The molecule has 1 aromatic heterocycles. The van der Waals surface area contributed by atoms with E-state index in [-0.39, 0.29) is 59.0 Å². The van der Waals surface area contributed by atoms with E-state index in [1.54, 1.807) is 17.0 Å². The van der Waals surface area contributed by atoms with Gasteiger partial charge in [-0.2, -0.15) is 9.45 Å². The molecule has 0 saturated carbocycles. The zero-order valence-electron chi connectivity index (χ0n) is 22.6. The molecule has 13 heteroatoms. The van der Waals surface area contributed by atoms with Crippen LogP contribution in [0.25, 0.3) is 22.3 Å². The number of carbonyl (C=O) groups excluding carboxylic acids is 2. The normalized spacial score (nSPS) is 19.2. The van der Waals surface area contributed by atoms with Crippen LogP contribution in [0, 0.1) is 21.9 Å². The molecule has 2 N–H and O–H groups in total. The number of benzene rings is 2.